The lowest BCUT2D eigenvalue weighted by atomic mass is 9.90. The summed E-state index contributed by atoms with van der Waals surface area (Å²) in [5.74, 6) is -0.0389. The predicted octanol–water partition coefficient (Wildman–Crippen LogP) is 2.97. The molecule has 0 aromatic heterocycles. The van der Waals surface area contributed by atoms with Gasteiger partial charge in [0.05, 0.1) is 25.4 Å². The number of nitrogens with zero attached hydrogens (tertiary/aromatic N) is 3. The minimum Gasteiger partial charge on any atom is -0.394 e. The van der Waals surface area contributed by atoms with Gasteiger partial charge in [0.15, 0.2) is 0 Å². The summed E-state index contributed by atoms with van der Waals surface area (Å²) in [7, 11) is 0. The highest BCUT2D eigenvalue weighted by Gasteiger charge is 2.43. The molecule has 2 rings (SSSR count). The first-order valence-corrected chi connectivity index (χ1v) is 8.49. The van der Waals surface area contributed by atoms with E-state index in [0.29, 0.717) is 6.61 Å². The van der Waals surface area contributed by atoms with Crippen molar-refractivity contribution in [3.63, 3.8) is 0 Å². The summed E-state index contributed by atoms with van der Waals surface area (Å²) in [6.45, 7) is 2.29. The predicted molar refractivity (Wildman–Crippen MR) is 86.4 cm³/mol. The van der Waals surface area contributed by atoms with Crippen molar-refractivity contribution in [2.24, 2.45) is 11.0 Å². The summed E-state index contributed by atoms with van der Waals surface area (Å²) in [6, 6.07) is 9.51. The molecule has 0 bridgehead atoms. The van der Waals surface area contributed by atoms with Crippen LogP contribution in [0.15, 0.2) is 35.4 Å². The summed E-state index contributed by atoms with van der Waals surface area (Å²) in [6.07, 6.45) is 1.17. The van der Waals surface area contributed by atoms with Crippen LogP contribution in [0.2, 0.25) is 0 Å². The molecule has 1 saturated heterocycles. The van der Waals surface area contributed by atoms with Gasteiger partial charge in [-0.1, -0.05) is 42.4 Å². The van der Waals surface area contributed by atoms with Crippen LogP contribution in [-0.4, -0.2) is 41.7 Å². The van der Waals surface area contributed by atoms with E-state index in [2.05, 4.69) is 10.0 Å². The third-order valence-corrected chi connectivity index (χ3v) is 4.75. The summed E-state index contributed by atoms with van der Waals surface area (Å²) >= 11 is 1.48. The van der Waals surface area contributed by atoms with Gasteiger partial charge in [0, 0.05) is 4.91 Å². The van der Waals surface area contributed by atoms with Crippen molar-refractivity contribution in [3.8, 4) is 0 Å². The largest absolute Gasteiger partial charge is 0.394 e. The molecule has 0 radical (unpaired) electrons. The highest BCUT2D eigenvalue weighted by atomic mass is 32.2. The van der Waals surface area contributed by atoms with Gasteiger partial charge in [0.2, 0.25) is 0 Å². The minimum absolute atomic E-state index is 0.0389. The number of benzene rings is 1. The fourth-order valence-corrected chi connectivity index (χ4v) is 3.53. The molecule has 1 fully saturated rings. The Morgan fingerprint density at radius 3 is 2.73 bits per heavy atom. The molecule has 22 heavy (non-hydrogen) atoms. The first kappa shape index (κ1) is 17.1. The monoisotopic (exact) mass is 323 g/mol. The van der Waals surface area contributed by atoms with Gasteiger partial charge in [-0.2, -0.15) is 0 Å². The van der Waals surface area contributed by atoms with E-state index in [1.54, 1.807) is 0 Å². The normalized spacial score (nSPS) is 31.5. The summed E-state index contributed by atoms with van der Waals surface area (Å²) in [5, 5.41) is 13.5. The molecule has 1 aromatic rings. The van der Waals surface area contributed by atoms with Crippen molar-refractivity contribution in [1.29, 1.82) is 0 Å². The average molecular weight is 323 g/mol. The Hall–Kier alpha value is -1.24. The van der Waals surface area contributed by atoms with Gasteiger partial charge in [-0.15, -0.1) is 11.8 Å². The molecule has 0 spiro atoms. The van der Waals surface area contributed by atoms with Crippen molar-refractivity contribution in [2.45, 2.75) is 37.2 Å². The zero-order chi connectivity index (χ0) is 15.9. The Kier molecular flexibility index (Phi) is 6.54. The number of ether oxygens (including phenoxy) is 2. The number of hydrogen-bond donors (Lipinski definition) is 1. The van der Waals surface area contributed by atoms with E-state index in [-0.39, 0.29) is 30.1 Å². The number of aliphatic hydroxyl groups is 1. The van der Waals surface area contributed by atoms with Crippen molar-refractivity contribution in [2.75, 3.05) is 12.9 Å². The SMILES string of the molecule is CSC1OC(CO)[C@@H](OCc2ccccc2)[C@H](C)[C@@H]1N=[N+]=[N-]. The van der Waals surface area contributed by atoms with Crippen LogP contribution in [0.4, 0.5) is 0 Å². The fraction of sp³-hybridized carbons (Fsp3) is 0.600. The van der Waals surface area contributed by atoms with E-state index in [4.69, 9.17) is 15.0 Å². The van der Waals surface area contributed by atoms with Crippen molar-refractivity contribution < 1.29 is 14.6 Å². The third-order valence-electron chi connectivity index (χ3n) is 3.89. The van der Waals surface area contributed by atoms with Gasteiger partial charge >= 0.3 is 0 Å². The average Bonchev–Trinajstić information content (AvgIpc) is 2.56. The highest BCUT2D eigenvalue weighted by Crippen LogP contribution is 2.35. The molecule has 1 N–H and O–H groups in total. The third kappa shape index (κ3) is 3.94. The van der Waals surface area contributed by atoms with Gasteiger partial charge in [-0.05, 0) is 23.3 Å². The zero-order valence-corrected chi connectivity index (χ0v) is 13.5. The molecule has 1 heterocycles. The fourth-order valence-electron chi connectivity index (χ4n) is 2.70. The second kappa shape index (κ2) is 8.41. The lowest BCUT2D eigenvalue weighted by Crippen LogP contribution is -2.53. The Bertz CT molecular complexity index is 510. The Morgan fingerprint density at radius 2 is 2.14 bits per heavy atom. The summed E-state index contributed by atoms with van der Waals surface area (Å²) in [4.78, 5) is 2.93. The lowest BCUT2D eigenvalue weighted by molar-refractivity contribution is -0.164. The quantitative estimate of drug-likeness (QED) is 0.495. The highest BCUT2D eigenvalue weighted by molar-refractivity contribution is 7.99. The molecular formula is C15H21N3O3S. The van der Waals surface area contributed by atoms with E-state index in [9.17, 15) is 5.11 Å². The van der Waals surface area contributed by atoms with Crippen LogP contribution >= 0.6 is 11.8 Å². The van der Waals surface area contributed by atoms with Crippen molar-refractivity contribution in [3.05, 3.63) is 46.3 Å². The summed E-state index contributed by atoms with van der Waals surface area (Å²) in [5.41, 5.74) is 9.56. The number of thioether (sulfide) groups is 1. The summed E-state index contributed by atoms with van der Waals surface area (Å²) < 4.78 is 11.8. The van der Waals surface area contributed by atoms with Crippen molar-refractivity contribution >= 4 is 11.8 Å². The van der Waals surface area contributed by atoms with Crippen LogP contribution < -0.4 is 0 Å². The van der Waals surface area contributed by atoms with Crippen LogP contribution in [-0.2, 0) is 16.1 Å². The molecule has 1 aliphatic heterocycles. The molecule has 1 aromatic carbocycles. The molecule has 7 heteroatoms. The van der Waals surface area contributed by atoms with Gasteiger partial charge in [-0.3, -0.25) is 0 Å². The van der Waals surface area contributed by atoms with Gasteiger partial charge < -0.3 is 14.6 Å². The van der Waals surface area contributed by atoms with Crippen LogP contribution in [0.3, 0.4) is 0 Å². The smallest absolute Gasteiger partial charge is 0.112 e. The van der Waals surface area contributed by atoms with Gasteiger partial charge in [-0.25, -0.2) is 0 Å². The second-order valence-electron chi connectivity index (χ2n) is 5.28. The first-order chi connectivity index (χ1) is 10.7. The zero-order valence-electron chi connectivity index (χ0n) is 12.7. The number of hydrogen-bond acceptors (Lipinski definition) is 5. The number of azide groups is 1. The lowest BCUT2D eigenvalue weighted by Gasteiger charge is -2.43. The molecule has 0 amide bonds. The maximum Gasteiger partial charge on any atom is 0.112 e. The van der Waals surface area contributed by atoms with Crippen molar-refractivity contribution in [1.82, 2.24) is 0 Å². The van der Waals surface area contributed by atoms with Gasteiger partial charge in [0.1, 0.15) is 11.5 Å². The first-order valence-electron chi connectivity index (χ1n) is 7.20. The van der Waals surface area contributed by atoms with Crippen LogP contribution in [0, 0.1) is 5.92 Å². The molecule has 0 aliphatic carbocycles. The Balaban J connectivity index is 2.10. The topological polar surface area (TPSA) is 87.5 Å². The molecular weight excluding hydrogens is 302 g/mol. The maximum atomic E-state index is 9.59. The number of rotatable bonds is 6. The standard InChI is InChI=1S/C15H21N3O3S/c1-10-13(17-18-16)15(22-2)21-12(8-19)14(10)20-9-11-6-4-3-5-7-11/h3-7,10,12-15,19H,8-9H2,1-2H3/t10-,12?,13+,14+,15?/m1/s1. The van der Waals surface area contributed by atoms with E-state index in [1.807, 2.05) is 43.5 Å². The maximum absolute atomic E-state index is 9.59. The van der Waals surface area contributed by atoms with E-state index in [1.165, 1.54) is 11.8 Å². The van der Waals surface area contributed by atoms with E-state index >= 15 is 0 Å². The second-order valence-corrected chi connectivity index (χ2v) is 6.21. The molecule has 5 atom stereocenters. The van der Waals surface area contributed by atoms with E-state index < -0.39 is 6.10 Å². The van der Waals surface area contributed by atoms with Gasteiger partial charge in [0.25, 0.3) is 0 Å². The molecule has 2 unspecified atom stereocenters. The Morgan fingerprint density at radius 1 is 1.41 bits per heavy atom. The molecule has 6 nitrogen and oxygen atoms in total. The Labute approximate surface area is 134 Å². The molecule has 120 valence electrons. The molecule has 0 saturated carbocycles. The number of aliphatic hydroxyl groups excluding tert-OH is 1. The van der Waals surface area contributed by atoms with E-state index in [0.717, 1.165) is 5.56 Å². The molecule has 1 aliphatic rings. The van der Waals surface area contributed by atoms with Crippen LogP contribution in [0.1, 0.15) is 12.5 Å². The van der Waals surface area contributed by atoms with Crippen LogP contribution in [0.25, 0.3) is 10.4 Å². The minimum atomic E-state index is -0.415. The van der Waals surface area contributed by atoms with Crippen LogP contribution in [0.5, 0.6) is 0 Å².